The van der Waals surface area contributed by atoms with Crippen LogP contribution in [0.4, 0.5) is 13.2 Å². The molecule has 1 aliphatic rings. The van der Waals surface area contributed by atoms with Gasteiger partial charge in [-0.1, -0.05) is 26.3 Å². The van der Waals surface area contributed by atoms with Crippen LogP contribution in [-0.2, 0) is 0 Å². The number of hydrogen-bond acceptors (Lipinski definition) is 2. The van der Waals surface area contributed by atoms with Gasteiger partial charge in [-0.25, -0.2) is 13.2 Å². The molecule has 0 saturated carbocycles. The maximum atomic E-state index is 14.2. The zero-order valence-corrected chi connectivity index (χ0v) is 12.6. The van der Waals surface area contributed by atoms with Gasteiger partial charge in [-0.05, 0) is 18.4 Å². The lowest BCUT2D eigenvalue weighted by Gasteiger charge is -2.38. The Morgan fingerprint density at radius 1 is 1.14 bits per heavy atom. The molecule has 2 atom stereocenters. The number of nitrogens with zero attached hydrogens (tertiary/aromatic N) is 1. The van der Waals surface area contributed by atoms with E-state index >= 15 is 0 Å². The Morgan fingerprint density at radius 2 is 1.81 bits per heavy atom. The second-order valence-electron chi connectivity index (χ2n) is 5.76. The van der Waals surface area contributed by atoms with Gasteiger partial charge in [0.1, 0.15) is 0 Å². The molecule has 1 N–H and O–H groups in total. The minimum atomic E-state index is -1.36. The molecule has 1 saturated heterocycles. The summed E-state index contributed by atoms with van der Waals surface area (Å²) in [7, 11) is 0. The van der Waals surface area contributed by atoms with Crippen molar-refractivity contribution in [3.63, 3.8) is 0 Å². The van der Waals surface area contributed by atoms with Crippen LogP contribution in [0.2, 0.25) is 0 Å². The van der Waals surface area contributed by atoms with Crippen molar-refractivity contribution >= 4 is 0 Å². The van der Waals surface area contributed by atoms with E-state index in [2.05, 4.69) is 24.1 Å². The van der Waals surface area contributed by atoms with E-state index in [9.17, 15) is 13.2 Å². The summed E-state index contributed by atoms with van der Waals surface area (Å²) < 4.78 is 41.0. The lowest BCUT2D eigenvalue weighted by atomic mass is 9.88. The quantitative estimate of drug-likeness (QED) is 0.838. The van der Waals surface area contributed by atoms with E-state index in [1.807, 2.05) is 0 Å². The Labute approximate surface area is 124 Å². The molecule has 0 amide bonds. The summed E-state index contributed by atoms with van der Waals surface area (Å²) in [6, 6.07) is 2.22. The molecule has 0 aromatic heterocycles. The van der Waals surface area contributed by atoms with Crippen molar-refractivity contribution < 1.29 is 13.2 Å². The molecule has 1 aromatic rings. The number of piperazine rings is 1. The monoisotopic (exact) mass is 300 g/mol. The number of rotatable bonds is 5. The molecule has 2 rings (SSSR count). The standard InChI is InChI=1S/C16H23F3N2/c1-3-4-11(2)16(21-9-7-20-8-10-21)12-5-6-13(17)15(19)14(12)18/h5-6,11,16,20H,3-4,7-10H2,1-2H3/t11?,16-/m1/s1. The average Bonchev–Trinajstić information content (AvgIpc) is 2.49. The fraction of sp³-hybridized carbons (Fsp3) is 0.625. The second kappa shape index (κ2) is 7.27. The average molecular weight is 300 g/mol. The summed E-state index contributed by atoms with van der Waals surface area (Å²) >= 11 is 0. The molecule has 1 aromatic carbocycles. The molecule has 5 heteroatoms. The molecule has 0 aliphatic carbocycles. The highest BCUT2D eigenvalue weighted by Crippen LogP contribution is 2.34. The number of nitrogens with one attached hydrogen (secondary N) is 1. The normalized spacial score (nSPS) is 19.5. The van der Waals surface area contributed by atoms with E-state index < -0.39 is 17.5 Å². The Balaban J connectivity index is 2.36. The number of benzene rings is 1. The van der Waals surface area contributed by atoms with E-state index in [1.54, 1.807) is 0 Å². The van der Waals surface area contributed by atoms with Crippen LogP contribution in [0, 0.1) is 23.4 Å². The fourth-order valence-corrected chi connectivity index (χ4v) is 3.21. The first kappa shape index (κ1) is 16.3. The molecular weight excluding hydrogens is 277 g/mol. The highest BCUT2D eigenvalue weighted by molar-refractivity contribution is 5.24. The van der Waals surface area contributed by atoms with Crippen LogP contribution in [0.5, 0.6) is 0 Å². The largest absolute Gasteiger partial charge is 0.314 e. The van der Waals surface area contributed by atoms with Crippen molar-refractivity contribution in [3.8, 4) is 0 Å². The Morgan fingerprint density at radius 3 is 2.43 bits per heavy atom. The highest BCUT2D eigenvalue weighted by atomic mass is 19.2. The highest BCUT2D eigenvalue weighted by Gasteiger charge is 2.30. The minimum absolute atomic E-state index is 0.187. The van der Waals surface area contributed by atoms with Gasteiger partial charge in [-0.2, -0.15) is 0 Å². The Hall–Kier alpha value is -1.07. The van der Waals surface area contributed by atoms with Crippen molar-refractivity contribution in [1.82, 2.24) is 10.2 Å². The molecule has 1 aliphatic heterocycles. The maximum Gasteiger partial charge on any atom is 0.194 e. The summed E-state index contributed by atoms with van der Waals surface area (Å²) in [5, 5.41) is 3.26. The van der Waals surface area contributed by atoms with Crippen molar-refractivity contribution in [1.29, 1.82) is 0 Å². The molecule has 2 nitrogen and oxygen atoms in total. The molecule has 0 spiro atoms. The van der Waals surface area contributed by atoms with Crippen LogP contribution in [-0.4, -0.2) is 31.1 Å². The van der Waals surface area contributed by atoms with Gasteiger partial charge in [0.25, 0.3) is 0 Å². The zero-order valence-electron chi connectivity index (χ0n) is 12.6. The van der Waals surface area contributed by atoms with Gasteiger partial charge < -0.3 is 5.32 Å². The molecule has 0 bridgehead atoms. The predicted molar refractivity (Wildman–Crippen MR) is 77.6 cm³/mol. The first-order valence-corrected chi connectivity index (χ1v) is 7.64. The Kier molecular flexibility index (Phi) is 5.65. The van der Waals surface area contributed by atoms with Gasteiger partial charge in [0.2, 0.25) is 0 Å². The van der Waals surface area contributed by atoms with Crippen LogP contribution in [0.3, 0.4) is 0 Å². The van der Waals surface area contributed by atoms with Crippen LogP contribution < -0.4 is 5.32 Å². The molecule has 1 fully saturated rings. The summed E-state index contributed by atoms with van der Waals surface area (Å²) in [5.74, 6) is -3.34. The third-order valence-corrected chi connectivity index (χ3v) is 4.21. The van der Waals surface area contributed by atoms with Gasteiger partial charge in [-0.3, -0.25) is 4.90 Å². The lowest BCUT2D eigenvalue weighted by Crippen LogP contribution is -2.47. The third kappa shape index (κ3) is 3.58. The summed E-state index contributed by atoms with van der Waals surface area (Å²) in [4.78, 5) is 2.17. The second-order valence-corrected chi connectivity index (χ2v) is 5.76. The van der Waals surface area contributed by atoms with Crippen LogP contribution in [0.1, 0.15) is 38.3 Å². The van der Waals surface area contributed by atoms with E-state index in [0.717, 1.165) is 45.1 Å². The third-order valence-electron chi connectivity index (χ3n) is 4.21. The minimum Gasteiger partial charge on any atom is -0.314 e. The smallest absolute Gasteiger partial charge is 0.194 e. The summed E-state index contributed by atoms with van der Waals surface area (Å²) in [5.41, 5.74) is 0.275. The topological polar surface area (TPSA) is 15.3 Å². The molecule has 118 valence electrons. The van der Waals surface area contributed by atoms with Gasteiger partial charge in [0.05, 0.1) is 0 Å². The first-order valence-electron chi connectivity index (χ1n) is 7.64. The SMILES string of the molecule is CCCC(C)[C@H](c1ccc(F)c(F)c1F)N1CCNCC1. The van der Waals surface area contributed by atoms with Crippen molar-refractivity contribution in [2.45, 2.75) is 32.7 Å². The molecule has 1 heterocycles. The number of halogens is 3. The van der Waals surface area contributed by atoms with Crippen molar-refractivity contribution in [2.24, 2.45) is 5.92 Å². The van der Waals surface area contributed by atoms with Gasteiger partial charge in [-0.15, -0.1) is 0 Å². The summed E-state index contributed by atoms with van der Waals surface area (Å²) in [6.07, 6.45) is 1.90. The van der Waals surface area contributed by atoms with Crippen molar-refractivity contribution in [2.75, 3.05) is 26.2 Å². The van der Waals surface area contributed by atoms with E-state index in [1.165, 1.54) is 6.07 Å². The molecule has 1 unspecified atom stereocenters. The number of hydrogen-bond donors (Lipinski definition) is 1. The van der Waals surface area contributed by atoms with Crippen LogP contribution in [0.25, 0.3) is 0 Å². The molecular formula is C16H23F3N2. The van der Waals surface area contributed by atoms with Crippen molar-refractivity contribution in [3.05, 3.63) is 35.1 Å². The van der Waals surface area contributed by atoms with Gasteiger partial charge in [0, 0.05) is 37.8 Å². The van der Waals surface area contributed by atoms with E-state index in [0.29, 0.717) is 0 Å². The van der Waals surface area contributed by atoms with E-state index in [4.69, 9.17) is 0 Å². The van der Waals surface area contributed by atoms with Crippen LogP contribution in [0.15, 0.2) is 12.1 Å². The molecule has 21 heavy (non-hydrogen) atoms. The molecule has 0 radical (unpaired) electrons. The van der Waals surface area contributed by atoms with Gasteiger partial charge >= 0.3 is 0 Å². The predicted octanol–water partition coefficient (Wildman–Crippen LogP) is 3.49. The van der Waals surface area contributed by atoms with Gasteiger partial charge in [0.15, 0.2) is 17.5 Å². The Bertz CT molecular complexity index is 473. The maximum absolute atomic E-state index is 14.2. The summed E-state index contributed by atoms with van der Waals surface area (Å²) in [6.45, 7) is 7.37. The fourth-order valence-electron chi connectivity index (χ4n) is 3.21. The first-order chi connectivity index (χ1) is 10.1. The van der Waals surface area contributed by atoms with Crippen LogP contribution >= 0.6 is 0 Å². The van der Waals surface area contributed by atoms with E-state index in [-0.39, 0.29) is 17.5 Å². The lowest BCUT2D eigenvalue weighted by molar-refractivity contribution is 0.122. The zero-order chi connectivity index (χ0) is 15.4.